The lowest BCUT2D eigenvalue weighted by atomic mass is 10.1. The maximum atomic E-state index is 5.22. The summed E-state index contributed by atoms with van der Waals surface area (Å²) >= 11 is 0. The van der Waals surface area contributed by atoms with Crippen molar-refractivity contribution in [3.8, 4) is 12.3 Å². The van der Waals surface area contributed by atoms with Crippen molar-refractivity contribution in [2.45, 2.75) is 20.1 Å². The molecule has 4 heteroatoms. The van der Waals surface area contributed by atoms with Gasteiger partial charge in [0, 0.05) is 13.7 Å². The highest BCUT2D eigenvalue weighted by atomic mass is 16.5. The van der Waals surface area contributed by atoms with E-state index in [9.17, 15) is 0 Å². The standard InChI is InChI=1S/C15H21N3O/c1-4-10-17-15(16-5-2)18-11-13-6-8-14(9-7-13)12-19-3/h1,6-9H,5,10-12H2,2-3H3,(H2,16,17,18). The molecule has 0 atom stereocenters. The minimum Gasteiger partial charge on any atom is -0.380 e. The minimum atomic E-state index is 0.471. The first kappa shape index (κ1) is 15.1. The molecule has 0 unspecified atom stereocenters. The number of rotatable bonds is 6. The zero-order chi connectivity index (χ0) is 13.9. The molecule has 0 heterocycles. The van der Waals surface area contributed by atoms with Gasteiger partial charge < -0.3 is 15.4 Å². The predicted octanol–water partition coefficient (Wildman–Crippen LogP) is 1.52. The fourth-order valence-electron chi connectivity index (χ4n) is 1.55. The molecule has 2 N–H and O–H groups in total. The van der Waals surface area contributed by atoms with E-state index in [1.807, 2.05) is 6.92 Å². The van der Waals surface area contributed by atoms with Crippen molar-refractivity contribution in [2.75, 3.05) is 20.2 Å². The van der Waals surface area contributed by atoms with Gasteiger partial charge in [-0.2, -0.15) is 0 Å². The normalized spacial score (nSPS) is 10.9. The van der Waals surface area contributed by atoms with Gasteiger partial charge in [0.1, 0.15) is 0 Å². The Morgan fingerprint density at radius 3 is 2.53 bits per heavy atom. The Labute approximate surface area is 115 Å². The predicted molar refractivity (Wildman–Crippen MR) is 78.8 cm³/mol. The Hall–Kier alpha value is -1.99. The molecule has 1 rings (SSSR count). The molecule has 19 heavy (non-hydrogen) atoms. The SMILES string of the molecule is C#CCNC(=NCc1ccc(COC)cc1)NCC. The van der Waals surface area contributed by atoms with Crippen LogP contribution in [0.25, 0.3) is 0 Å². The van der Waals surface area contributed by atoms with Gasteiger partial charge >= 0.3 is 0 Å². The van der Waals surface area contributed by atoms with E-state index in [0.717, 1.165) is 23.6 Å². The number of benzene rings is 1. The lowest BCUT2D eigenvalue weighted by Gasteiger charge is -2.09. The number of nitrogens with zero attached hydrogens (tertiary/aromatic N) is 1. The Kier molecular flexibility index (Phi) is 7.14. The first-order valence-corrected chi connectivity index (χ1v) is 6.32. The summed E-state index contributed by atoms with van der Waals surface area (Å²) in [5, 5.41) is 6.20. The molecule has 0 spiro atoms. The quantitative estimate of drug-likeness (QED) is 0.462. The van der Waals surface area contributed by atoms with Crippen LogP contribution in [0.4, 0.5) is 0 Å². The van der Waals surface area contributed by atoms with Crippen LogP contribution in [-0.4, -0.2) is 26.2 Å². The summed E-state index contributed by atoms with van der Waals surface area (Å²) in [6, 6.07) is 8.22. The molecule has 4 nitrogen and oxygen atoms in total. The molecule has 0 radical (unpaired) electrons. The van der Waals surface area contributed by atoms with Crippen LogP contribution in [0.3, 0.4) is 0 Å². The van der Waals surface area contributed by atoms with Crippen molar-refractivity contribution in [1.82, 2.24) is 10.6 Å². The molecule has 0 aliphatic carbocycles. The van der Waals surface area contributed by atoms with Crippen LogP contribution in [0.2, 0.25) is 0 Å². The van der Waals surface area contributed by atoms with Gasteiger partial charge in [-0.25, -0.2) is 4.99 Å². The molecule has 102 valence electrons. The molecule has 0 aliphatic rings. The Morgan fingerprint density at radius 2 is 1.95 bits per heavy atom. The number of methoxy groups -OCH3 is 1. The van der Waals surface area contributed by atoms with Crippen LogP contribution in [0.5, 0.6) is 0 Å². The molecule has 0 bridgehead atoms. The summed E-state index contributed by atoms with van der Waals surface area (Å²) in [5.41, 5.74) is 2.31. The van der Waals surface area contributed by atoms with Gasteiger partial charge in [-0.15, -0.1) is 6.42 Å². The highest BCUT2D eigenvalue weighted by molar-refractivity contribution is 5.79. The maximum Gasteiger partial charge on any atom is 0.192 e. The Balaban J connectivity index is 2.58. The van der Waals surface area contributed by atoms with E-state index in [-0.39, 0.29) is 0 Å². The molecular weight excluding hydrogens is 238 g/mol. The number of hydrogen-bond acceptors (Lipinski definition) is 2. The van der Waals surface area contributed by atoms with Gasteiger partial charge in [0.15, 0.2) is 5.96 Å². The van der Waals surface area contributed by atoms with E-state index in [2.05, 4.69) is 45.8 Å². The third-order valence-electron chi connectivity index (χ3n) is 2.46. The topological polar surface area (TPSA) is 45.7 Å². The van der Waals surface area contributed by atoms with E-state index < -0.39 is 0 Å². The lowest BCUT2D eigenvalue weighted by molar-refractivity contribution is 0.185. The minimum absolute atomic E-state index is 0.471. The van der Waals surface area contributed by atoms with Crippen LogP contribution in [-0.2, 0) is 17.9 Å². The average Bonchev–Trinajstić information content (AvgIpc) is 2.44. The fourth-order valence-corrected chi connectivity index (χ4v) is 1.55. The van der Waals surface area contributed by atoms with Crippen LogP contribution >= 0.6 is 0 Å². The van der Waals surface area contributed by atoms with Gasteiger partial charge in [0.05, 0.1) is 19.7 Å². The number of hydrogen-bond donors (Lipinski definition) is 2. The summed E-state index contributed by atoms with van der Waals surface area (Å²) in [5.74, 6) is 3.27. The lowest BCUT2D eigenvalue weighted by Crippen LogP contribution is -2.37. The molecule has 0 fully saturated rings. The second-order valence-electron chi connectivity index (χ2n) is 4.00. The van der Waals surface area contributed by atoms with Gasteiger partial charge in [0.25, 0.3) is 0 Å². The monoisotopic (exact) mass is 259 g/mol. The number of ether oxygens (including phenoxy) is 1. The van der Waals surface area contributed by atoms with Crippen molar-refractivity contribution in [3.05, 3.63) is 35.4 Å². The van der Waals surface area contributed by atoms with E-state index in [0.29, 0.717) is 19.7 Å². The molecule has 0 aromatic heterocycles. The van der Waals surface area contributed by atoms with E-state index >= 15 is 0 Å². The smallest absolute Gasteiger partial charge is 0.192 e. The largest absolute Gasteiger partial charge is 0.380 e. The second kappa shape index (κ2) is 9.01. The summed E-state index contributed by atoms with van der Waals surface area (Å²) in [6.07, 6.45) is 5.22. The average molecular weight is 259 g/mol. The molecule has 0 amide bonds. The Morgan fingerprint density at radius 1 is 1.26 bits per heavy atom. The third kappa shape index (κ3) is 5.94. The fraction of sp³-hybridized carbons (Fsp3) is 0.400. The van der Waals surface area contributed by atoms with Crippen molar-refractivity contribution >= 4 is 5.96 Å². The molecule has 0 aliphatic heterocycles. The highest BCUT2D eigenvalue weighted by Gasteiger charge is 1.97. The van der Waals surface area contributed by atoms with Gasteiger partial charge in [-0.1, -0.05) is 30.2 Å². The van der Waals surface area contributed by atoms with Gasteiger partial charge in [0.2, 0.25) is 0 Å². The maximum absolute atomic E-state index is 5.22. The van der Waals surface area contributed by atoms with Crippen LogP contribution in [0.1, 0.15) is 18.1 Å². The van der Waals surface area contributed by atoms with E-state index in [1.54, 1.807) is 7.11 Å². The third-order valence-corrected chi connectivity index (χ3v) is 2.46. The second-order valence-corrected chi connectivity index (χ2v) is 4.00. The summed E-state index contributed by atoms with van der Waals surface area (Å²) in [7, 11) is 1.69. The number of nitrogens with one attached hydrogen (secondary N) is 2. The van der Waals surface area contributed by atoms with E-state index in [4.69, 9.17) is 11.2 Å². The molecule has 0 saturated carbocycles. The van der Waals surface area contributed by atoms with Crippen LogP contribution in [0.15, 0.2) is 29.3 Å². The van der Waals surface area contributed by atoms with Crippen molar-refractivity contribution < 1.29 is 4.74 Å². The van der Waals surface area contributed by atoms with Gasteiger partial charge in [-0.05, 0) is 18.1 Å². The first-order chi connectivity index (χ1) is 9.30. The Bertz CT molecular complexity index is 432. The van der Waals surface area contributed by atoms with Crippen LogP contribution in [0, 0.1) is 12.3 Å². The molecule has 1 aromatic carbocycles. The summed E-state index contributed by atoms with van der Waals surface area (Å²) < 4.78 is 5.08. The first-order valence-electron chi connectivity index (χ1n) is 6.32. The van der Waals surface area contributed by atoms with Crippen molar-refractivity contribution in [1.29, 1.82) is 0 Å². The zero-order valence-electron chi connectivity index (χ0n) is 11.6. The molecule has 0 saturated heterocycles. The number of aliphatic imine (C=N–C) groups is 1. The summed E-state index contributed by atoms with van der Waals surface area (Å²) in [4.78, 5) is 4.46. The summed E-state index contributed by atoms with van der Waals surface area (Å²) in [6.45, 7) is 4.55. The van der Waals surface area contributed by atoms with E-state index in [1.165, 1.54) is 0 Å². The number of guanidine groups is 1. The van der Waals surface area contributed by atoms with Crippen LogP contribution < -0.4 is 10.6 Å². The number of terminal acetylenes is 1. The van der Waals surface area contributed by atoms with Gasteiger partial charge in [-0.3, -0.25) is 0 Å². The van der Waals surface area contributed by atoms with Crippen molar-refractivity contribution in [2.24, 2.45) is 4.99 Å². The van der Waals surface area contributed by atoms with Crippen molar-refractivity contribution in [3.63, 3.8) is 0 Å². The molecule has 1 aromatic rings. The molecular formula is C15H21N3O. The zero-order valence-corrected chi connectivity index (χ0v) is 11.6. The highest BCUT2D eigenvalue weighted by Crippen LogP contribution is 2.06.